The van der Waals surface area contributed by atoms with Gasteiger partial charge in [0, 0.05) is 38.3 Å². The molecule has 9 heteroatoms. The third-order valence-corrected chi connectivity index (χ3v) is 4.71. The van der Waals surface area contributed by atoms with Crippen LogP contribution in [0, 0.1) is 0 Å². The van der Waals surface area contributed by atoms with Gasteiger partial charge in [0.2, 0.25) is 5.95 Å². The number of hydrogen-bond donors (Lipinski definition) is 1. The zero-order chi connectivity index (χ0) is 20.8. The van der Waals surface area contributed by atoms with Gasteiger partial charge in [-0.15, -0.1) is 0 Å². The van der Waals surface area contributed by atoms with Gasteiger partial charge in [0.25, 0.3) is 0 Å². The van der Waals surface area contributed by atoms with E-state index in [1.165, 1.54) is 14.2 Å². The van der Waals surface area contributed by atoms with Crippen molar-refractivity contribution in [2.75, 3.05) is 26.1 Å². The number of hydrogen-bond acceptors (Lipinski definition) is 7. The maximum Gasteiger partial charge on any atom is 0.227 e. The Balaban J connectivity index is 1.70. The van der Waals surface area contributed by atoms with Gasteiger partial charge in [-0.2, -0.15) is 5.10 Å². The monoisotopic (exact) mass is 415 g/mol. The fraction of sp³-hybridized carbons (Fsp3) is 0.300. The van der Waals surface area contributed by atoms with Crippen molar-refractivity contribution in [1.82, 2.24) is 19.7 Å². The van der Waals surface area contributed by atoms with Crippen LogP contribution in [-0.4, -0.2) is 46.4 Å². The predicted molar refractivity (Wildman–Crippen MR) is 110 cm³/mol. The average molecular weight is 416 g/mol. The zero-order valence-corrected chi connectivity index (χ0v) is 17.2. The van der Waals surface area contributed by atoms with Crippen LogP contribution in [0.15, 0.2) is 36.9 Å². The molecular weight excluding hydrogens is 394 g/mol. The lowest BCUT2D eigenvalue weighted by Crippen LogP contribution is -2.08. The highest BCUT2D eigenvalue weighted by atomic mass is 35.5. The van der Waals surface area contributed by atoms with Crippen molar-refractivity contribution in [3.05, 3.63) is 58.6 Å². The summed E-state index contributed by atoms with van der Waals surface area (Å²) in [4.78, 5) is 20.9. The highest BCUT2D eigenvalue weighted by molar-refractivity contribution is 6.33. The van der Waals surface area contributed by atoms with E-state index in [9.17, 15) is 4.79 Å². The summed E-state index contributed by atoms with van der Waals surface area (Å²) in [5, 5.41) is 7.68. The zero-order valence-electron chi connectivity index (χ0n) is 16.5. The highest BCUT2D eigenvalue weighted by Crippen LogP contribution is 2.31. The SMILES string of the molecule is COCC(=O)c1cc(CCc2cnc(Nc3cnn(C)c3)nc2)c(Cl)c(OC)c1. The summed E-state index contributed by atoms with van der Waals surface area (Å²) in [6, 6.07) is 3.42. The van der Waals surface area contributed by atoms with Gasteiger partial charge in [0.15, 0.2) is 5.78 Å². The minimum absolute atomic E-state index is 0.00344. The van der Waals surface area contributed by atoms with Crippen LogP contribution < -0.4 is 10.1 Å². The molecule has 0 fully saturated rings. The van der Waals surface area contributed by atoms with Gasteiger partial charge in [-0.25, -0.2) is 9.97 Å². The quantitative estimate of drug-likeness (QED) is 0.536. The lowest BCUT2D eigenvalue weighted by Gasteiger charge is -2.12. The standard InChI is InChI=1S/C20H22ClN5O3/c1-26-11-16(10-24-26)25-20-22-8-13(9-23-20)4-5-14-6-15(17(27)12-28-2)7-18(29-3)19(14)21/h6-11H,4-5,12H2,1-3H3,(H,22,23,25). The number of nitrogens with zero attached hydrogens (tertiary/aromatic N) is 4. The molecule has 0 bridgehead atoms. The molecule has 8 nitrogen and oxygen atoms in total. The number of anilines is 2. The number of carbonyl (C=O) groups excluding carboxylic acids is 1. The molecule has 3 aromatic rings. The minimum atomic E-state index is -0.127. The molecule has 1 aromatic carbocycles. The Labute approximate surface area is 173 Å². The number of methoxy groups -OCH3 is 2. The second-order valence-corrected chi connectivity index (χ2v) is 6.83. The van der Waals surface area contributed by atoms with Gasteiger partial charge < -0.3 is 14.8 Å². The van der Waals surface area contributed by atoms with E-state index in [0.29, 0.717) is 35.1 Å². The summed E-state index contributed by atoms with van der Waals surface area (Å²) < 4.78 is 11.9. The first-order valence-corrected chi connectivity index (χ1v) is 9.33. The second kappa shape index (κ2) is 9.49. The van der Waals surface area contributed by atoms with Gasteiger partial charge in [-0.1, -0.05) is 11.6 Å². The fourth-order valence-corrected chi connectivity index (χ4v) is 3.08. The van der Waals surface area contributed by atoms with E-state index in [4.69, 9.17) is 21.1 Å². The molecular formula is C20H22ClN5O3. The van der Waals surface area contributed by atoms with E-state index in [2.05, 4.69) is 20.4 Å². The van der Waals surface area contributed by atoms with Crippen molar-refractivity contribution in [2.24, 2.45) is 7.05 Å². The van der Waals surface area contributed by atoms with Crippen LogP contribution >= 0.6 is 11.6 Å². The number of nitrogens with one attached hydrogen (secondary N) is 1. The number of aryl methyl sites for hydroxylation is 3. The van der Waals surface area contributed by atoms with Crippen molar-refractivity contribution in [2.45, 2.75) is 12.8 Å². The molecule has 0 unspecified atom stereocenters. The number of Topliss-reactive ketones (excluding diaryl/α,β-unsaturated/α-hetero) is 1. The largest absolute Gasteiger partial charge is 0.495 e. The van der Waals surface area contributed by atoms with Crippen molar-refractivity contribution >= 4 is 29.0 Å². The van der Waals surface area contributed by atoms with Crippen LogP contribution in [-0.2, 0) is 24.6 Å². The fourth-order valence-electron chi connectivity index (χ4n) is 2.80. The molecule has 3 rings (SSSR count). The third-order valence-electron chi connectivity index (χ3n) is 4.28. The average Bonchev–Trinajstić information content (AvgIpc) is 3.13. The molecule has 0 saturated carbocycles. The molecule has 2 heterocycles. The van der Waals surface area contributed by atoms with Crippen molar-refractivity contribution in [3.63, 3.8) is 0 Å². The van der Waals surface area contributed by atoms with Crippen LogP contribution in [0.4, 0.5) is 11.6 Å². The molecule has 0 amide bonds. The third kappa shape index (κ3) is 5.30. The maximum atomic E-state index is 12.2. The van der Waals surface area contributed by atoms with Crippen LogP contribution in [0.5, 0.6) is 5.75 Å². The molecule has 0 radical (unpaired) electrons. The summed E-state index contributed by atoms with van der Waals surface area (Å²) in [5.74, 6) is 0.836. The summed E-state index contributed by atoms with van der Waals surface area (Å²) in [7, 11) is 4.85. The molecule has 152 valence electrons. The Morgan fingerprint density at radius 1 is 1.17 bits per heavy atom. The number of halogens is 1. The van der Waals surface area contributed by atoms with E-state index in [1.54, 1.807) is 35.4 Å². The molecule has 0 aliphatic heterocycles. The van der Waals surface area contributed by atoms with E-state index < -0.39 is 0 Å². The molecule has 29 heavy (non-hydrogen) atoms. The Morgan fingerprint density at radius 2 is 1.93 bits per heavy atom. The molecule has 0 aliphatic rings. The topological polar surface area (TPSA) is 91.2 Å². The van der Waals surface area contributed by atoms with Crippen LogP contribution in [0.25, 0.3) is 0 Å². The summed E-state index contributed by atoms with van der Waals surface area (Å²) in [6.45, 7) is 0.00344. The normalized spacial score (nSPS) is 10.8. The molecule has 2 aromatic heterocycles. The van der Waals surface area contributed by atoms with Crippen LogP contribution in [0.1, 0.15) is 21.5 Å². The smallest absolute Gasteiger partial charge is 0.227 e. The van der Waals surface area contributed by atoms with Gasteiger partial charge in [-0.05, 0) is 36.1 Å². The van der Waals surface area contributed by atoms with Gasteiger partial charge in [-0.3, -0.25) is 9.48 Å². The minimum Gasteiger partial charge on any atom is -0.495 e. The van der Waals surface area contributed by atoms with Crippen LogP contribution in [0.2, 0.25) is 5.02 Å². The molecule has 0 atom stereocenters. The Kier molecular flexibility index (Phi) is 6.79. The van der Waals surface area contributed by atoms with Gasteiger partial charge in [0.1, 0.15) is 12.4 Å². The van der Waals surface area contributed by atoms with E-state index >= 15 is 0 Å². The van der Waals surface area contributed by atoms with Crippen LogP contribution in [0.3, 0.4) is 0 Å². The van der Waals surface area contributed by atoms with Crippen molar-refractivity contribution in [1.29, 1.82) is 0 Å². The summed E-state index contributed by atoms with van der Waals surface area (Å²) >= 11 is 6.43. The lowest BCUT2D eigenvalue weighted by atomic mass is 10.0. The van der Waals surface area contributed by atoms with E-state index in [-0.39, 0.29) is 12.4 Å². The molecule has 0 saturated heterocycles. The molecule has 0 aliphatic carbocycles. The van der Waals surface area contributed by atoms with Crippen molar-refractivity contribution < 1.29 is 14.3 Å². The predicted octanol–water partition coefficient (Wildman–Crippen LogP) is 3.23. The number of rotatable bonds is 9. The summed E-state index contributed by atoms with van der Waals surface area (Å²) in [5.41, 5.74) is 3.10. The Bertz CT molecular complexity index is 988. The number of ketones is 1. The Morgan fingerprint density at radius 3 is 2.55 bits per heavy atom. The first-order valence-electron chi connectivity index (χ1n) is 8.95. The van der Waals surface area contributed by atoms with Gasteiger partial charge >= 0.3 is 0 Å². The summed E-state index contributed by atoms with van der Waals surface area (Å²) in [6.07, 6.45) is 8.34. The number of benzene rings is 1. The number of carbonyl (C=O) groups is 1. The lowest BCUT2D eigenvalue weighted by molar-refractivity contribution is 0.0847. The first kappa shape index (κ1) is 20.8. The van der Waals surface area contributed by atoms with E-state index in [1.807, 2.05) is 13.2 Å². The van der Waals surface area contributed by atoms with Crippen molar-refractivity contribution in [3.8, 4) is 5.75 Å². The first-order chi connectivity index (χ1) is 14.0. The highest BCUT2D eigenvalue weighted by Gasteiger charge is 2.14. The maximum absolute atomic E-state index is 12.2. The second-order valence-electron chi connectivity index (χ2n) is 6.45. The number of aromatic nitrogens is 4. The van der Waals surface area contributed by atoms with Gasteiger partial charge in [0.05, 0.1) is 24.0 Å². The number of ether oxygens (including phenoxy) is 2. The Hall–Kier alpha value is -2.97. The molecule has 1 N–H and O–H groups in total. The van der Waals surface area contributed by atoms with E-state index in [0.717, 1.165) is 16.8 Å². The molecule has 0 spiro atoms.